The van der Waals surface area contributed by atoms with Crippen molar-refractivity contribution in [3.05, 3.63) is 42.2 Å². The number of anilines is 1. The number of hydrogen-bond donors (Lipinski definition) is 1. The Kier molecular flexibility index (Phi) is 4.22. The average molecular weight is 281 g/mol. The Morgan fingerprint density at radius 1 is 1.10 bits per heavy atom. The molecule has 0 aliphatic rings. The summed E-state index contributed by atoms with van der Waals surface area (Å²) in [4.78, 5) is 8.13. The molecule has 1 heterocycles. The number of nitrogens with one attached hydrogen (secondary N) is 1. The Morgan fingerprint density at radius 2 is 1.80 bits per heavy atom. The second-order valence-electron chi connectivity index (χ2n) is 4.22. The minimum absolute atomic E-state index is 0.0340. The third kappa shape index (κ3) is 3.07. The van der Waals surface area contributed by atoms with Gasteiger partial charge in [0.05, 0.1) is 5.56 Å². The van der Waals surface area contributed by atoms with E-state index in [-0.39, 0.29) is 11.3 Å². The third-order valence-corrected chi connectivity index (χ3v) is 2.73. The Labute approximate surface area is 114 Å². The topological polar surface area (TPSA) is 37.8 Å². The van der Waals surface area contributed by atoms with Gasteiger partial charge >= 0.3 is 6.18 Å². The lowest BCUT2D eigenvalue weighted by Crippen LogP contribution is -2.10. The lowest BCUT2D eigenvalue weighted by Gasteiger charge is -2.14. The molecule has 0 aliphatic carbocycles. The number of alkyl halides is 3. The van der Waals surface area contributed by atoms with Gasteiger partial charge in [-0.15, -0.1) is 0 Å². The van der Waals surface area contributed by atoms with Gasteiger partial charge in [0.2, 0.25) is 0 Å². The summed E-state index contributed by atoms with van der Waals surface area (Å²) in [6.45, 7) is 2.59. The molecule has 0 aliphatic heterocycles. The molecule has 0 radical (unpaired) electrons. The highest BCUT2D eigenvalue weighted by Crippen LogP contribution is 2.37. The monoisotopic (exact) mass is 281 g/mol. The first-order chi connectivity index (χ1) is 9.54. The summed E-state index contributed by atoms with van der Waals surface area (Å²) in [5.41, 5.74) is -0.458. The molecule has 2 rings (SSSR count). The van der Waals surface area contributed by atoms with Crippen LogP contribution in [0, 0.1) is 0 Å². The van der Waals surface area contributed by atoms with Crippen LogP contribution in [0.1, 0.15) is 18.9 Å². The molecule has 6 heteroatoms. The predicted molar refractivity (Wildman–Crippen MR) is 71.3 cm³/mol. The van der Waals surface area contributed by atoms with Gasteiger partial charge in [-0.3, -0.25) is 4.98 Å². The van der Waals surface area contributed by atoms with Gasteiger partial charge in [0, 0.05) is 24.5 Å². The van der Waals surface area contributed by atoms with E-state index in [1.165, 1.54) is 24.5 Å². The van der Waals surface area contributed by atoms with Gasteiger partial charge in [-0.1, -0.05) is 25.1 Å². The number of rotatable bonds is 4. The molecule has 106 valence electrons. The van der Waals surface area contributed by atoms with Crippen molar-refractivity contribution in [1.29, 1.82) is 0 Å². The van der Waals surface area contributed by atoms with Crippen LogP contribution in [-0.4, -0.2) is 16.5 Å². The smallest absolute Gasteiger partial charge is 0.368 e. The Bertz CT molecular complexity index is 582. The Hall–Kier alpha value is -2.11. The van der Waals surface area contributed by atoms with Crippen LogP contribution < -0.4 is 5.32 Å². The van der Waals surface area contributed by atoms with Crippen molar-refractivity contribution in [3.63, 3.8) is 0 Å². The molecule has 2 aromatic rings. The zero-order valence-electron chi connectivity index (χ0n) is 10.9. The molecule has 0 bridgehead atoms. The lowest BCUT2D eigenvalue weighted by atomic mass is 10.0. The summed E-state index contributed by atoms with van der Waals surface area (Å²) in [7, 11) is 0. The average Bonchev–Trinajstić information content (AvgIpc) is 2.44. The van der Waals surface area contributed by atoms with Gasteiger partial charge in [-0.2, -0.15) is 13.2 Å². The highest BCUT2D eigenvalue weighted by atomic mass is 19.4. The van der Waals surface area contributed by atoms with E-state index in [9.17, 15) is 13.2 Å². The molecule has 0 saturated heterocycles. The van der Waals surface area contributed by atoms with Gasteiger partial charge in [-0.25, -0.2) is 4.98 Å². The van der Waals surface area contributed by atoms with E-state index in [1.807, 2.05) is 6.92 Å². The van der Waals surface area contributed by atoms with Gasteiger partial charge in [0.25, 0.3) is 0 Å². The van der Waals surface area contributed by atoms with E-state index >= 15 is 0 Å². The molecule has 0 spiro atoms. The van der Waals surface area contributed by atoms with Gasteiger partial charge in [-0.05, 0) is 12.5 Å². The van der Waals surface area contributed by atoms with E-state index in [0.717, 1.165) is 12.5 Å². The fourth-order valence-corrected chi connectivity index (χ4v) is 1.84. The lowest BCUT2D eigenvalue weighted by molar-refractivity contribution is -0.137. The summed E-state index contributed by atoms with van der Waals surface area (Å²) in [6, 6.07) is 5.38. The molecule has 1 N–H and O–H groups in total. The first-order valence-electron chi connectivity index (χ1n) is 6.25. The van der Waals surface area contributed by atoms with Crippen molar-refractivity contribution in [2.45, 2.75) is 19.5 Å². The highest BCUT2D eigenvalue weighted by molar-refractivity contribution is 5.74. The fourth-order valence-electron chi connectivity index (χ4n) is 1.84. The molecule has 1 aromatic carbocycles. The molecule has 1 aromatic heterocycles. The third-order valence-electron chi connectivity index (χ3n) is 2.73. The minimum Gasteiger partial charge on any atom is -0.368 e. The summed E-state index contributed by atoms with van der Waals surface area (Å²) >= 11 is 0. The molecule has 0 atom stereocenters. The van der Waals surface area contributed by atoms with Crippen molar-refractivity contribution in [2.24, 2.45) is 0 Å². The van der Waals surface area contributed by atoms with Gasteiger partial charge in [0.1, 0.15) is 5.69 Å². The van der Waals surface area contributed by atoms with E-state index in [0.29, 0.717) is 12.4 Å². The molecule has 0 saturated carbocycles. The molecule has 0 amide bonds. The van der Waals surface area contributed by atoms with Crippen molar-refractivity contribution < 1.29 is 13.2 Å². The number of nitrogens with zero attached hydrogens (tertiary/aromatic N) is 2. The standard InChI is InChI=1S/C14H14F3N3/c1-2-7-19-13-12(18-8-9-20-13)10-5-3-4-6-11(10)14(15,16)17/h3-6,8-9H,2,7H2,1H3,(H,19,20). The summed E-state index contributed by atoms with van der Waals surface area (Å²) in [5, 5.41) is 3.00. The molecular formula is C14H14F3N3. The van der Waals surface area contributed by atoms with E-state index in [4.69, 9.17) is 0 Å². The largest absolute Gasteiger partial charge is 0.417 e. The minimum atomic E-state index is -4.42. The van der Waals surface area contributed by atoms with E-state index < -0.39 is 11.7 Å². The zero-order valence-corrected chi connectivity index (χ0v) is 10.9. The van der Waals surface area contributed by atoms with Gasteiger partial charge in [0.15, 0.2) is 5.82 Å². The van der Waals surface area contributed by atoms with Crippen LogP contribution in [0.2, 0.25) is 0 Å². The maximum atomic E-state index is 13.0. The van der Waals surface area contributed by atoms with Crippen molar-refractivity contribution in [1.82, 2.24) is 9.97 Å². The summed E-state index contributed by atoms with van der Waals surface area (Å²) in [6.07, 6.45) is -0.732. The number of hydrogen-bond acceptors (Lipinski definition) is 3. The number of benzene rings is 1. The van der Waals surface area contributed by atoms with Crippen LogP contribution in [-0.2, 0) is 6.18 Å². The summed E-state index contributed by atoms with van der Waals surface area (Å²) < 4.78 is 39.1. The number of aromatic nitrogens is 2. The summed E-state index contributed by atoms with van der Waals surface area (Å²) in [5.74, 6) is 0.367. The predicted octanol–water partition coefficient (Wildman–Crippen LogP) is 3.98. The quantitative estimate of drug-likeness (QED) is 0.921. The van der Waals surface area contributed by atoms with Crippen LogP contribution in [0.4, 0.5) is 19.0 Å². The molecule has 0 unspecified atom stereocenters. The first kappa shape index (κ1) is 14.3. The van der Waals surface area contributed by atoms with Crippen LogP contribution in [0.5, 0.6) is 0 Å². The van der Waals surface area contributed by atoms with Crippen LogP contribution in [0.25, 0.3) is 11.3 Å². The maximum Gasteiger partial charge on any atom is 0.417 e. The Morgan fingerprint density at radius 3 is 2.50 bits per heavy atom. The molecular weight excluding hydrogens is 267 g/mol. The number of halogens is 3. The zero-order chi connectivity index (χ0) is 14.6. The van der Waals surface area contributed by atoms with E-state index in [1.54, 1.807) is 6.07 Å². The van der Waals surface area contributed by atoms with Gasteiger partial charge < -0.3 is 5.32 Å². The van der Waals surface area contributed by atoms with Crippen molar-refractivity contribution in [2.75, 3.05) is 11.9 Å². The SMILES string of the molecule is CCCNc1nccnc1-c1ccccc1C(F)(F)F. The Balaban J connectivity index is 2.52. The normalized spacial score (nSPS) is 11.4. The van der Waals surface area contributed by atoms with Crippen LogP contribution >= 0.6 is 0 Å². The molecule has 3 nitrogen and oxygen atoms in total. The second-order valence-corrected chi connectivity index (χ2v) is 4.22. The van der Waals surface area contributed by atoms with Crippen LogP contribution in [0.15, 0.2) is 36.7 Å². The van der Waals surface area contributed by atoms with Crippen LogP contribution in [0.3, 0.4) is 0 Å². The van der Waals surface area contributed by atoms with E-state index in [2.05, 4.69) is 15.3 Å². The molecule has 0 fully saturated rings. The molecule has 20 heavy (non-hydrogen) atoms. The maximum absolute atomic E-state index is 13.0. The second kappa shape index (κ2) is 5.90. The highest BCUT2D eigenvalue weighted by Gasteiger charge is 2.34. The van der Waals surface area contributed by atoms with Crippen molar-refractivity contribution in [3.8, 4) is 11.3 Å². The fraction of sp³-hybridized carbons (Fsp3) is 0.286. The first-order valence-corrected chi connectivity index (χ1v) is 6.25. The van der Waals surface area contributed by atoms with Crippen molar-refractivity contribution >= 4 is 5.82 Å².